The SMILES string of the molecule is C=C.C=O.CNC(=O)CCc1ccc(N(C)S(C)(=O)=O)cc1C(=O)NC(CC(C)C)c1ccccc1.Cc1ccc(F)c(F)c1. The molecule has 0 saturated carbocycles. The van der Waals surface area contributed by atoms with E-state index in [2.05, 4.69) is 37.6 Å². The van der Waals surface area contributed by atoms with E-state index in [0.717, 1.165) is 40.2 Å². The van der Waals surface area contributed by atoms with Crippen molar-refractivity contribution in [3.63, 3.8) is 0 Å². The van der Waals surface area contributed by atoms with Gasteiger partial charge < -0.3 is 15.4 Å². The highest BCUT2D eigenvalue weighted by molar-refractivity contribution is 7.92. The molecule has 0 radical (unpaired) electrons. The van der Waals surface area contributed by atoms with Crippen LogP contribution in [0.5, 0.6) is 0 Å². The lowest BCUT2D eigenvalue weighted by atomic mass is 9.95. The highest BCUT2D eigenvalue weighted by Gasteiger charge is 2.21. The molecule has 3 aromatic carbocycles. The van der Waals surface area contributed by atoms with Crippen molar-refractivity contribution in [3.05, 3.63) is 114 Å². The standard InChI is InChI=1S/C24H33N3O4S.C7H6F2.C2H4.CH2O/c1-17(2)15-22(19-9-7-6-8-10-19)26-24(29)21-16-20(27(4)32(5,30)31)13-11-18(21)12-14-23(28)25-3;1-5-2-3-6(8)7(9)4-5;2*1-2/h6-11,13,16-17,22H,12,14-15H2,1-5H3,(H,25,28)(H,26,29);2-4H,1H3;1-2H2;1H2. The summed E-state index contributed by atoms with van der Waals surface area (Å²) in [6.07, 6.45) is 2.46. The van der Waals surface area contributed by atoms with Gasteiger partial charge in [0.25, 0.3) is 5.91 Å². The van der Waals surface area contributed by atoms with Gasteiger partial charge in [-0.3, -0.25) is 13.9 Å². The van der Waals surface area contributed by atoms with Crippen molar-refractivity contribution < 1.29 is 31.6 Å². The van der Waals surface area contributed by atoms with Crippen LogP contribution >= 0.6 is 0 Å². The summed E-state index contributed by atoms with van der Waals surface area (Å²) in [6.45, 7) is 13.9. The minimum absolute atomic E-state index is 0.129. The zero-order valence-electron chi connectivity index (χ0n) is 26.9. The van der Waals surface area contributed by atoms with E-state index in [1.165, 1.54) is 13.1 Å². The van der Waals surface area contributed by atoms with Crippen LogP contribution < -0.4 is 14.9 Å². The summed E-state index contributed by atoms with van der Waals surface area (Å²) >= 11 is 0. The van der Waals surface area contributed by atoms with Gasteiger partial charge in [-0.25, -0.2) is 17.2 Å². The molecule has 1 unspecified atom stereocenters. The monoisotopic (exact) mass is 645 g/mol. The predicted octanol–water partition coefficient (Wildman–Crippen LogP) is 6.17. The Kier molecular flexibility index (Phi) is 18.6. The number of sulfonamides is 1. The lowest BCUT2D eigenvalue weighted by Crippen LogP contribution is -2.31. The number of carbonyl (C=O) groups excluding carboxylic acids is 3. The van der Waals surface area contributed by atoms with Gasteiger partial charge in [0, 0.05) is 26.1 Å². The fourth-order valence-electron chi connectivity index (χ4n) is 4.03. The van der Waals surface area contributed by atoms with E-state index in [4.69, 9.17) is 4.79 Å². The van der Waals surface area contributed by atoms with E-state index in [9.17, 15) is 26.8 Å². The second-order valence-electron chi connectivity index (χ2n) is 10.2. The Labute approximate surface area is 266 Å². The van der Waals surface area contributed by atoms with Crippen molar-refractivity contribution in [1.29, 1.82) is 0 Å². The number of carbonyl (C=O) groups is 3. The molecule has 0 aliphatic rings. The highest BCUT2D eigenvalue weighted by atomic mass is 32.2. The number of halogens is 2. The predicted molar refractivity (Wildman–Crippen MR) is 178 cm³/mol. The summed E-state index contributed by atoms with van der Waals surface area (Å²) in [7, 11) is -0.473. The van der Waals surface area contributed by atoms with Gasteiger partial charge in [0.05, 0.1) is 18.0 Å². The summed E-state index contributed by atoms with van der Waals surface area (Å²) < 4.78 is 49.5. The molecule has 3 rings (SSSR count). The fourth-order valence-corrected chi connectivity index (χ4v) is 4.52. The first-order valence-electron chi connectivity index (χ1n) is 14.1. The molecule has 0 saturated heterocycles. The molecule has 3 aromatic rings. The van der Waals surface area contributed by atoms with Gasteiger partial charge in [-0.1, -0.05) is 56.3 Å². The molecule has 0 aromatic heterocycles. The summed E-state index contributed by atoms with van der Waals surface area (Å²) in [5, 5.41) is 5.70. The van der Waals surface area contributed by atoms with Crippen LogP contribution in [0, 0.1) is 24.5 Å². The Morgan fingerprint density at radius 2 is 1.53 bits per heavy atom. The van der Waals surface area contributed by atoms with E-state index < -0.39 is 21.7 Å². The van der Waals surface area contributed by atoms with Crippen LogP contribution in [0.3, 0.4) is 0 Å². The minimum atomic E-state index is -3.49. The Hall–Kier alpha value is -4.38. The summed E-state index contributed by atoms with van der Waals surface area (Å²) in [6, 6.07) is 18.3. The number of hydrogen-bond acceptors (Lipinski definition) is 5. The van der Waals surface area contributed by atoms with Crippen molar-refractivity contribution in [3.8, 4) is 0 Å². The van der Waals surface area contributed by atoms with Crippen molar-refractivity contribution in [2.24, 2.45) is 5.92 Å². The van der Waals surface area contributed by atoms with E-state index in [-0.39, 0.29) is 24.3 Å². The first-order valence-corrected chi connectivity index (χ1v) is 15.9. The highest BCUT2D eigenvalue weighted by Crippen LogP contribution is 2.25. The molecule has 2 amide bonds. The number of aryl methyl sites for hydroxylation is 2. The van der Waals surface area contributed by atoms with Gasteiger partial charge in [0.2, 0.25) is 15.9 Å². The molecule has 0 bridgehead atoms. The molecule has 0 fully saturated rings. The van der Waals surface area contributed by atoms with Gasteiger partial charge in [0.1, 0.15) is 6.79 Å². The second kappa shape index (κ2) is 20.6. The molecule has 246 valence electrons. The summed E-state index contributed by atoms with van der Waals surface area (Å²) in [4.78, 5) is 33.1. The number of hydrogen-bond donors (Lipinski definition) is 2. The van der Waals surface area contributed by atoms with E-state index in [1.807, 2.05) is 37.1 Å². The molecule has 0 aliphatic heterocycles. The van der Waals surface area contributed by atoms with Crippen molar-refractivity contribution in [1.82, 2.24) is 10.6 Å². The Balaban J connectivity index is 0.00000125. The third-order valence-corrected chi connectivity index (χ3v) is 7.59. The molecule has 0 heterocycles. The second-order valence-corrected chi connectivity index (χ2v) is 12.2. The van der Waals surface area contributed by atoms with Gasteiger partial charge >= 0.3 is 0 Å². The van der Waals surface area contributed by atoms with Crippen LogP contribution in [0.1, 0.15) is 59.8 Å². The first kappa shape index (κ1) is 40.6. The largest absolute Gasteiger partial charge is 0.359 e. The molecular formula is C34H45F2N3O5S. The molecular weight excluding hydrogens is 600 g/mol. The van der Waals surface area contributed by atoms with Crippen LogP contribution in [0.25, 0.3) is 0 Å². The number of amides is 2. The van der Waals surface area contributed by atoms with Crippen LogP contribution in [0.4, 0.5) is 14.5 Å². The van der Waals surface area contributed by atoms with Crippen molar-refractivity contribution >= 4 is 34.3 Å². The normalized spacial score (nSPS) is 10.9. The average molecular weight is 646 g/mol. The third kappa shape index (κ3) is 14.3. The lowest BCUT2D eigenvalue weighted by molar-refractivity contribution is -0.120. The zero-order valence-corrected chi connectivity index (χ0v) is 27.7. The minimum Gasteiger partial charge on any atom is -0.359 e. The molecule has 45 heavy (non-hydrogen) atoms. The van der Waals surface area contributed by atoms with Crippen molar-refractivity contribution in [2.45, 2.75) is 46.1 Å². The lowest BCUT2D eigenvalue weighted by Gasteiger charge is -2.23. The molecule has 0 spiro atoms. The smallest absolute Gasteiger partial charge is 0.252 e. The van der Waals surface area contributed by atoms with Gasteiger partial charge in [0.15, 0.2) is 11.6 Å². The van der Waals surface area contributed by atoms with Crippen LogP contribution in [-0.4, -0.2) is 47.4 Å². The maximum absolute atomic E-state index is 13.4. The zero-order chi connectivity index (χ0) is 34.7. The third-order valence-electron chi connectivity index (χ3n) is 6.39. The number of nitrogens with one attached hydrogen (secondary N) is 2. The Bertz CT molecular complexity index is 1470. The quantitative estimate of drug-likeness (QED) is 0.256. The van der Waals surface area contributed by atoms with Gasteiger partial charge in [-0.2, -0.15) is 0 Å². The molecule has 11 heteroatoms. The van der Waals surface area contributed by atoms with Crippen LogP contribution in [0.15, 0.2) is 79.9 Å². The van der Waals surface area contributed by atoms with Gasteiger partial charge in [-0.05, 0) is 66.6 Å². The van der Waals surface area contributed by atoms with Crippen LogP contribution in [-0.2, 0) is 26.0 Å². The van der Waals surface area contributed by atoms with Crippen molar-refractivity contribution in [2.75, 3.05) is 24.7 Å². The number of rotatable bonds is 10. The number of nitrogens with zero attached hydrogens (tertiary/aromatic N) is 1. The Morgan fingerprint density at radius 3 is 2.02 bits per heavy atom. The topological polar surface area (TPSA) is 113 Å². The maximum Gasteiger partial charge on any atom is 0.252 e. The Morgan fingerprint density at radius 1 is 0.933 bits per heavy atom. The fraction of sp³-hybridized carbons (Fsp3) is 0.324. The molecule has 2 N–H and O–H groups in total. The summed E-state index contributed by atoms with van der Waals surface area (Å²) in [5.41, 5.74) is 3.18. The summed E-state index contributed by atoms with van der Waals surface area (Å²) in [5.74, 6) is -1.64. The van der Waals surface area contributed by atoms with E-state index in [0.29, 0.717) is 29.2 Å². The van der Waals surface area contributed by atoms with Gasteiger partial charge in [-0.15, -0.1) is 13.2 Å². The first-order chi connectivity index (χ1) is 21.2. The van der Waals surface area contributed by atoms with E-state index >= 15 is 0 Å². The number of benzene rings is 3. The molecule has 0 aliphatic carbocycles. The van der Waals surface area contributed by atoms with E-state index in [1.54, 1.807) is 32.2 Å². The molecule has 8 nitrogen and oxygen atoms in total. The maximum atomic E-state index is 13.4. The van der Waals surface area contributed by atoms with Crippen LogP contribution in [0.2, 0.25) is 0 Å². The number of anilines is 1. The molecule has 1 atom stereocenters. The average Bonchev–Trinajstić information content (AvgIpc) is 3.03.